The van der Waals surface area contributed by atoms with Crippen LogP contribution in [0, 0.1) is 5.92 Å². The van der Waals surface area contributed by atoms with Gasteiger partial charge in [0.15, 0.2) is 0 Å². The summed E-state index contributed by atoms with van der Waals surface area (Å²) in [4.78, 5) is 11.2. The number of aliphatic hydroxyl groups is 1. The summed E-state index contributed by atoms with van der Waals surface area (Å²) in [6, 6.07) is 0. The van der Waals surface area contributed by atoms with Crippen LogP contribution >= 0.6 is 0 Å². The molecule has 1 aliphatic carbocycles. The van der Waals surface area contributed by atoms with Crippen molar-refractivity contribution in [2.24, 2.45) is 5.92 Å². The van der Waals surface area contributed by atoms with Crippen molar-refractivity contribution in [1.82, 2.24) is 0 Å². The lowest BCUT2D eigenvalue weighted by atomic mass is 9.89. The fraction of sp³-hybridized carbons (Fsp3) is 0.700. The molecule has 1 rings (SSSR count). The van der Waals surface area contributed by atoms with Crippen molar-refractivity contribution in [2.75, 3.05) is 7.11 Å². The zero-order valence-corrected chi connectivity index (χ0v) is 8.12. The van der Waals surface area contributed by atoms with Gasteiger partial charge >= 0.3 is 5.97 Å². The van der Waals surface area contributed by atoms with E-state index in [1.807, 2.05) is 13.0 Å². The second-order valence-corrected chi connectivity index (χ2v) is 3.45. The molecule has 0 radical (unpaired) electrons. The summed E-state index contributed by atoms with van der Waals surface area (Å²) in [7, 11) is 1.40. The molecule has 1 N–H and O–H groups in total. The minimum absolute atomic E-state index is 0.155. The van der Waals surface area contributed by atoms with Crippen LogP contribution in [0.25, 0.3) is 0 Å². The number of carbonyl (C=O) groups is 1. The Morgan fingerprint density at radius 2 is 2.46 bits per heavy atom. The Morgan fingerprint density at radius 3 is 2.92 bits per heavy atom. The Bertz CT molecular complexity index is 220. The quantitative estimate of drug-likeness (QED) is 0.519. The Balaban J connectivity index is 2.57. The first-order valence-electron chi connectivity index (χ1n) is 4.60. The number of ether oxygens (including phenoxy) is 1. The second kappa shape index (κ2) is 4.42. The first-order chi connectivity index (χ1) is 6.15. The lowest BCUT2D eigenvalue weighted by Crippen LogP contribution is -2.19. The summed E-state index contributed by atoms with van der Waals surface area (Å²) < 4.78 is 4.65. The molecule has 74 valence electrons. The van der Waals surface area contributed by atoms with Gasteiger partial charge in [0, 0.05) is 0 Å². The van der Waals surface area contributed by atoms with E-state index in [0.29, 0.717) is 6.42 Å². The molecule has 0 spiro atoms. The van der Waals surface area contributed by atoms with Gasteiger partial charge in [-0.2, -0.15) is 0 Å². The van der Waals surface area contributed by atoms with E-state index in [1.165, 1.54) is 7.11 Å². The highest BCUT2D eigenvalue weighted by molar-refractivity contribution is 5.75. The molecule has 0 fully saturated rings. The topological polar surface area (TPSA) is 46.5 Å². The van der Waals surface area contributed by atoms with Gasteiger partial charge in [0.05, 0.1) is 19.1 Å². The third-order valence-corrected chi connectivity index (χ3v) is 2.53. The number of carbonyl (C=O) groups excluding carboxylic acids is 1. The van der Waals surface area contributed by atoms with Crippen LogP contribution in [0.2, 0.25) is 0 Å². The van der Waals surface area contributed by atoms with E-state index in [-0.39, 0.29) is 18.0 Å². The predicted molar refractivity (Wildman–Crippen MR) is 49.1 cm³/mol. The van der Waals surface area contributed by atoms with E-state index in [4.69, 9.17) is 0 Å². The van der Waals surface area contributed by atoms with Crippen LogP contribution < -0.4 is 0 Å². The molecule has 2 unspecified atom stereocenters. The smallest absolute Gasteiger partial charge is 0.312 e. The number of aliphatic hydroxyl groups excluding tert-OH is 1. The van der Waals surface area contributed by atoms with Gasteiger partial charge in [-0.05, 0) is 26.2 Å². The Kier molecular flexibility index (Phi) is 3.48. The number of hydrogen-bond donors (Lipinski definition) is 1. The molecule has 0 bridgehead atoms. The van der Waals surface area contributed by atoms with Gasteiger partial charge in [0.2, 0.25) is 0 Å². The zero-order chi connectivity index (χ0) is 9.84. The molecule has 0 aromatic carbocycles. The highest BCUT2D eigenvalue weighted by Gasteiger charge is 2.21. The minimum Gasteiger partial charge on any atom is -0.469 e. The highest BCUT2D eigenvalue weighted by Crippen LogP contribution is 2.24. The molecule has 0 saturated carbocycles. The average Bonchev–Trinajstić information content (AvgIpc) is 2.17. The maximum Gasteiger partial charge on any atom is 0.312 e. The third-order valence-electron chi connectivity index (χ3n) is 2.53. The van der Waals surface area contributed by atoms with E-state index in [9.17, 15) is 9.90 Å². The lowest BCUT2D eigenvalue weighted by Gasteiger charge is -2.20. The molecule has 0 aromatic heterocycles. The number of rotatable bonds is 2. The molecular weight excluding hydrogens is 168 g/mol. The van der Waals surface area contributed by atoms with Gasteiger partial charge in [-0.3, -0.25) is 4.79 Å². The van der Waals surface area contributed by atoms with Crippen molar-refractivity contribution >= 4 is 5.97 Å². The monoisotopic (exact) mass is 184 g/mol. The van der Waals surface area contributed by atoms with Crippen LogP contribution in [0.15, 0.2) is 11.6 Å². The second-order valence-electron chi connectivity index (χ2n) is 3.45. The van der Waals surface area contributed by atoms with Crippen LogP contribution in [0.1, 0.15) is 26.2 Å². The van der Waals surface area contributed by atoms with Crippen LogP contribution in [-0.2, 0) is 9.53 Å². The van der Waals surface area contributed by atoms with Crippen LogP contribution in [0.3, 0.4) is 0 Å². The number of esters is 1. The van der Waals surface area contributed by atoms with E-state index < -0.39 is 0 Å². The van der Waals surface area contributed by atoms with E-state index >= 15 is 0 Å². The van der Waals surface area contributed by atoms with Gasteiger partial charge < -0.3 is 9.84 Å². The Hall–Kier alpha value is -0.830. The molecule has 2 atom stereocenters. The zero-order valence-electron chi connectivity index (χ0n) is 8.12. The summed E-state index contributed by atoms with van der Waals surface area (Å²) in [5.41, 5.74) is 1.09. The Morgan fingerprint density at radius 1 is 1.77 bits per heavy atom. The largest absolute Gasteiger partial charge is 0.469 e. The molecule has 0 amide bonds. The SMILES string of the molecule is COC(=O)C(C)C1=CCC(O)CC1. The van der Waals surface area contributed by atoms with E-state index in [2.05, 4.69) is 4.74 Å². The maximum absolute atomic E-state index is 11.2. The standard InChI is InChI=1S/C10H16O3/c1-7(10(12)13-2)8-3-5-9(11)6-4-8/h3,7,9,11H,4-6H2,1-2H3. The van der Waals surface area contributed by atoms with Crippen LogP contribution in [0.5, 0.6) is 0 Å². The fourth-order valence-corrected chi connectivity index (χ4v) is 1.56. The first kappa shape index (κ1) is 10.3. The van der Waals surface area contributed by atoms with Crippen LogP contribution in [0.4, 0.5) is 0 Å². The van der Waals surface area contributed by atoms with Gasteiger partial charge in [0.25, 0.3) is 0 Å². The average molecular weight is 184 g/mol. The predicted octanol–water partition coefficient (Wildman–Crippen LogP) is 1.27. The van der Waals surface area contributed by atoms with Crippen molar-refractivity contribution in [3.63, 3.8) is 0 Å². The van der Waals surface area contributed by atoms with E-state index in [1.54, 1.807) is 0 Å². The molecule has 0 aliphatic heterocycles. The van der Waals surface area contributed by atoms with Gasteiger partial charge in [-0.1, -0.05) is 11.6 Å². The van der Waals surface area contributed by atoms with Crippen LogP contribution in [-0.4, -0.2) is 24.3 Å². The summed E-state index contributed by atoms with van der Waals surface area (Å²) in [6.07, 6.45) is 3.95. The summed E-state index contributed by atoms with van der Waals surface area (Å²) in [5, 5.41) is 9.24. The number of hydrogen-bond acceptors (Lipinski definition) is 3. The molecule has 3 nitrogen and oxygen atoms in total. The fourth-order valence-electron chi connectivity index (χ4n) is 1.56. The van der Waals surface area contributed by atoms with Crippen molar-refractivity contribution in [2.45, 2.75) is 32.3 Å². The third kappa shape index (κ3) is 2.56. The maximum atomic E-state index is 11.2. The van der Waals surface area contributed by atoms with Gasteiger partial charge in [0.1, 0.15) is 0 Å². The normalized spacial score (nSPS) is 24.8. The van der Waals surface area contributed by atoms with Crippen molar-refractivity contribution < 1.29 is 14.6 Å². The summed E-state index contributed by atoms with van der Waals surface area (Å²) in [6.45, 7) is 1.84. The molecule has 0 heterocycles. The molecule has 13 heavy (non-hydrogen) atoms. The summed E-state index contributed by atoms with van der Waals surface area (Å²) >= 11 is 0. The number of methoxy groups -OCH3 is 1. The van der Waals surface area contributed by atoms with E-state index in [0.717, 1.165) is 18.4 Å². The first-order valence-corrected chi connectivity index (χ1v) is 4.60. The van der Waals surface area contributed by atoms with Gasteiger partial charge in [-0.15, -0.1) is 0 Å². The van der Waals surface area contributed by atoms with Crippen molar-refractivity contribution in [3.8, 4) is 0 Å². The molecule has 3 heteroatoms. The van der Waals surface area contributed by atoms with Crippen molar-refractivity contribution in [3.05, 3.63) is 11.6 Å². The Labute approximate surface area is 78.4 Å². The van der Waals surface area contributed by atoms with Gasteiger partial charge in [-0.25, -0.2) is 0 Å². The lowest BCUT2D eigenvalue weighted by molar-refractivity contribution is -0.143. The molecule has 0 aromatic rings. The summed E-state index contributed by atoms with van der Waals surface area (Å²) in [5.74, 6) is -0.347. The molecule has 0 saturated heterocycles. The minimum atomic E-state index is -0.228. The molecular formula is C10H16O3. The molecule has 1 aliphatic rings. The highest BCUT2D eigenvalue weighted by atomic mass is 16.5. The van der Waals surface area contributed by atoms with Crippen molar-refractivity contribution in [1.29, 1.82) is 0 Å².